The molecule has 4 rings (SSSR count). The van der Waals surface area contributed by atoms with Crippen molar-refractivity contribution >= 4 is 15.9 Å². The highest BCUT2D eigenvalue weighted by molar-refractivity contribution is 7.89. The van der Waals surface area contributed by atoms with Crippen LogP contribution in [0.15, 0.2) is 29.3 Å². The molecule has 1 aromatic heterocycles. The second kappa shape index (κ2) is 8.64. The van der Waals surface area contributed by atoms with Gasteiger partial charge >= 0.3 is 0 Å². The minimum atomic E-state index is -3.56. The fourth-order valence-corrected chi connectivity index (χ4v) is 5.60. The highest BCUT2D eigenvalue weighted by atomic mass is 32.2. The fourth-order valence-electron chi connectivity index (χ4n) is 4.01. The van der Waals surface area contributed by atoms with Crippen molar-refractivity contribution in [1.82, 2.24) is 19.2 Å². The number of ether oxygens (including phenoxy) is 1. The third kappa shape index (κ3) is 4.35. The van der Waals surface area contributed by atoms with Crippen molar-refractivity contribution in [1.29, 1.82) is 0 Å². The van der Waals surface area contributed by atoms with E-state index in [1.54, 1.807) is 30.2 Å². The molecule has 1 atom stereocenters. The molecule has 2 saturated heterocycles. The molecule has 9 heteroatoms. The maximum absolute atomic E-state index is 13.1. The van der Waals surface area contributed by atoms with Crippen molar-refractivity contribution in [3.63, 3.8) is 0 Å². The number of rotatable bonds is 4. The molecular formula is C22H28N4O4S. The largest absolute Gasteiger partial charge is 0.378 e. The summed E-state index contributed by atoms with van der Waals surface area (Å²) < 4.78 is 33.0. The fraction of sp³-hybridized carbons (Fsp3) is 0.500. The molecule has 31 heavy (non-hydrogen) atoms. The number of carbonyl (C=O) groups excluding carboxylic acids is 1. The minimum Gasteiger partial charge on any atom is -0.378 e. The van der Waals surface area contributed by atoms with E-state index in [1.165, 1.54) is 4.31 Å². The van der Waals surface area contributed by atoms with Gasteiger partial charge in [0.1, 0.15) is 5.82 Å². The topological polar surface area (TPSA) is 92.7 Å². The Morgan fingerprint density at radius 2 is 1.84 bits per heavy atom. The van der Waals surface area contributed by atoms with Crippen LogP contribution < -0.4 is 0 Å². The van der Waals surface area contributed by atoms with Crippen molar-refractivity contribution in [2.24, 2.45) is 0 Å². The summed E-state index contributed by atoms with van der Waals surface area (Å²) in [5.74, 6) is 0.416. The van der Waals surface area contributed by atoms with Gasteiger partial charge in [-0.05, 0) is 50.5 Å². The number of aromatic nitrogens is 2. The van der Waals surface area contributed by atoms with Crippen molar-refractivity contribution in [2.75, 3.05) is 39.4 Å². The number of sulfonamides is 1. The van der Waals surface area contributed by atoms with Crippen LogP contribution in [0.1, 0.15) is 45.3 Å². The SMILES string of the molecule is Cc1ccc(S(=O)(=O)N2CCC(c3ncc(C(=O)N4CCOCC4)c(C)n3)C2)cc1C. The maximum atomic E-state index is 13.1. The van der Waals surface area contributed by atoms with Crippen LogP contribution in [0.4, 0.5) is 0 Å². The first-order valence-electron chi connectivity index (χ1n) is 10.6. The van der Waals surface area contributed by atoms with E-state index in [9.17, 15) is 13.2 Å². The molecule has 0 radical (unpaired) electrons. The molecule has 1 unspecified atom stereocenters. The number of morpholine rings is 1. The van der Waals surface area contributed by atoms with Crippen molar-refractivity contribution in [3.05, 3.63) is 52.6 Å². The average molecular weight is 445 g/mol. The third-order valence-electron chi connectivity index (χ3n) is 6.16. The lowest BCUT2D eigenvalue weighted by Gasteiger charge is -2.27. The Kier molecular flexibility index (Phi) is 6.09. The van der Waals surface area contributed by atoms with Crippen molar-refractivity contribution in [2.45, 2.75) is 38.0 Å². The van der Waals surface area contributed by atoms with Gasteiger partial charge < -0.3 is 9.64 Å². The number of carbonyl (C=O) groups is 1. The second-order valence-corrected chi connectivity index (χ2v) is 10.2. The van der Waals surface area contributed by atoms with E-state index in [0.717, 1.165) is 11.1 Å². The van der Waals surface area contributed by atoms with Gasteiger partial charge in [-0.1, -0.05) is 6.07 Å². The summed E-state index contributed by atoms with van der Waals surface area (Å²) in [7, 11) is -3.56. The Labute approximate surface area is 183 Å². The first-order chi connectivity index (χ1) is 14.8. The number of benzene rings is 1. The third-order valence-corrected chi connectivity index (χ3v) is 8.02. The highest BCUT2D eigenvalue weighted by Crippen LogP contribution is 2.30. The normalized spacial score (nSPS) is 20.2. The van der Waals surface area contributed by atoms with E-state index >= 15 is 0 Å². The van der Waals surface area contributed by atoms with Gasteiger partial charge in [-0.2, -0.15) is 4.31 Å². The number of amides is 1. The summed E-state index contributed by atoms with van der Waals surface area (Å²) in [6, 6.07) is 5.23. The predicted molar refractivity (Wildman–Crippen MR) is 116 cm³/mol. The van der Waals surface area contributed by atoms with Crippen LogP contribution in [-0.2, 0) is 14.8 Å². The van der Waals surface area contributed by atoms with Gasteiger partial charge in [0.25, 0.3) is 5.91 Å². The molecule has 0 N–H and O–H groups in total. The number of aryl methyl sites for hydroxylation is 3. The molecule has 2 aromatic rings. The maximum Gasteiger partial charge on any atom is 0.257 e. The quantitative estimate of drug-likeness (QED) is 0.717. The van der Waals surface area contributed by atoms with E-state index in [-0.39, 0.29) is 11.8 Å². The van der Waals surface area contributed by atoms with Crippen LogP contribution in [0.5, 0.6) is 0 Å². The summed E-state index contributed by atoms with van der Waals surface area (Å²) in [6.45, 7) is 8.65. The summed E-state index contributed by atoms with van der Waals surface area (Å²) >= 11 is 0. The van der Waals surface area contributed by atoms with E-state index in [1.807, 2.05) is 19.9 Å². The summed E-state index contributed by atoms with van der Waals surface area (Å²) in [6.07, 6.45) is 2.23. The van der Waals surface area contributed by atoms with Crippen LogP contribution in [0.2, 0.25) is 0 Å². The molecule has 0 spiro atoms. The Bertz CT molecular complexity index is 1100. The Morgan fingerprint density at radius 1 is 1.10 bits per heavy atom. The molecular weight excluding hydrogens is 416 g/mol. The monoisotopic (exact) mass is 444 g/mol. The first kappa shape index (κ1) is 21.9. The van der Waals surface area contributed by atoms with Gasteiger partial charge in [0.2, 0.25) is 10.0 Å². The zero-order chi connectivity index (χ0) is 22.2. The van der Waals surface area contributed by atoms with Gasteiger partial charge in [-0.3, -0.25) is 4.79 Å². The molecule has 2 fully saturated rings. The second-order valence-electron chi connectivity index (χ2n) is 8.23. The predicted octanol–water partition coefficient (Wildman–Crippen LogP) is 2.05. The zero-order valence-electron chi connectivity index (χ0n) is 18.2. The molecule has 166 valence electrons. The van der Waals surface area contributed by atoms with E-state index in [4.69, 9.17) is 4.74 Å². The molecule has 0 aliphatic carbocycles. The van der Waals surface area contributed by atoms with Crippen LogP contribution in [0.25, 0.3) is 0 Å². The zero-order valence-corrected chi connectivity index (χ0v) is 19.0. The molecule has 2 aliphatic rings. The van der Waals surface area contributed by atoms with E-state index in [2.05, 4.69) is 9.97 Å². The first-order valence-corrected chi connectivity index (χ1v) is 12.0. The lowest BCUT2D eigenvalue weighted by molar-refractivity contribution is 0.0301. The highest BCUT2D eigenvalue weighted by Gasteiger charge is 2.35. The standard InChI is InChI=1S/C22H28N4O4S/c1-15-4-5-19(12-16(15)2)31(28,29)26-7-6-18(14-26)21-23-13-20(17(3)24-21)22(27)25-8-10-30-11-9-25/h4-5,12-13,18H,6-11,14H2,1-3H3. The number of nitrogens with zero attached hydrogens (tertiary/aromatic N) is 4. The van der Waals surface area contributed by atoms with E-state index < -0.39 is 10.0 Å². The molecule has 1 amide bonds. The average Bonchev–Trinajstić information content (AvgIpc) is 3.27. The smallest absolute Gasteiger partial charge is 0.257 e. The molecule has 3 heterocycles. The van der Waals surface area contributed by atoms with Gasteiger partial charge in [-0.25, -0.2) is 18.4 Å². The Morgan fingerprint density at radius 3 is 2.52 bits per heavy atom. The van der Waals surface area contributed by atoms with Gasteiger partial charge in [0.15, 0.2) is 0 Å². The van der Waals surface area contributed by atoms with Crippen LogP contribution in [0.3, 0.4) is 0 Å². The minimum absolute atomic E-state index is 0.0854. The van der Waals surface area contributed by atoms with E-state index in [0.29, 0.717) is 67.8 Å². The van der Waals surface area contributed by atoms with Gasteiger partial charge in [-0.15, -0.1) is 0 Å². The van der Waals surface area contributed by atoms with Gasteiger partial charge in [0.05, 0.1) is 29.4 Å². The van der Waals surface area contributed by atoms with Gasteiger partial charge in [0, 0.05) is 38.3 Å². The number of hydrogen-bond acceptors (Lipinski definition) is 6. The molecule has 1 aromatic carbocycles. The van der Waals surface area contributed by atoms with Crippen molar-refractivity contribution in [3.8, 4) is 0 Å². The Balaban J connectivity index is 1.49. The molecule has 8 nitrogen and oxygen atoms in total. The van der Waals surface area contributed by atoms with Crippen LogP contribution >= 0.6 is 0 Å². The van der Waals surface area contributed by atoms with Crippen LogP contribution in [-0.4, -0.2) is 72.9 Å². The summed E-state index contributed by atoms with van der Waals surface area (Å²) in [5.41, 5.74) is 3.13. The molecule has 0 saturated carbocycles. The van der Waals surface area contributed by atoms with Crippen LogP contribution in [0, 0.1) is 20.8 Å². The lowest BCUT2D eigenvalue weighted by atomic mass is 10.1. The number of hydrogen-bond donors (Lipinski definition) is 0. The Hall–Kier alpha value is -2.36. The van der Waals surface area contributed by atoms with Crippen molar-refractivity contribution < 1.29 is 17.9 Å². The molecule has 0 bridgehead atoms. The summed E-state index contributed by atoms with van der Waals surface area (Å²) in [4.78, 5) is 23.8. The molecule has 2 aliphatic heterocycles. The summed E-state index contributed by atoms with van der Waals surface area (Å²) in [5, 5.41) is 0. The lowest BCUT2D eigenvalue weighted by Crippen LogP contribution is -2.41.